The van der Waals surface area contributed by atoms with E-state index in [-0.39, 0.29) is 12.2 Å². The number of rotatable bonds is 9. The molecule has 0 atom stereocenters. The van der Waals surface area contributed by atoms with Crippen molar-refractivity contribution in [3.8, 4) is 0 Å². The van der Waals surface area contributed by atoms with Crippen molar-refractivity contribution in [2.45, 2.75) is 66.0 Å². The summed E-state index contributed by atoms with van der Waals surface area (Å²) in [5, 5.41) is 3.04. The Labute approximate surface area is 201 Å². The molecule has 33 heavy (non-hydrogen) atoms. The number of unbranched alkanes of at least 4 members (excludes halogenated alkanes) is 2. The molecule has 0 unspecified atom stereocenters. The number of aryl methyl sites for hydroxylation is 1. The molecule has 1 N–H and O–H groups in total. The smallest absolute Gasteiger partial charge is 0.412 e. The highest BCUT2D eigenvalue weighted by Crippen LogP contribution is 2.23. The van der Waals surface area contributed by atoms with Gasteiger partial charge >= 0.3 is 6.09 Å². The monoisotopic (exact) mass is 498 g/mol. The fourth-order valence-electron chi connectivity index (χ4n) is 3.03. The van der Waals surface area contributed by atoms with Crippen LogP contribution in [0.4, 0.5) is 10.5 Å². The van der Waals surface area contributed by atoms with Gasteiger partial charge in [-0.15, -0.1) is 0 Å². The molecule has 0 fully saturated rings. The summed E-state index contributed by atoms with van der Waals surface area (Å²) >= 11 is 6.40. The number of carbonyl (C=O) groups is 2. The van der Waals surface area contributed by atoms with Gasteiger partial charge < -0.3 is 9.30 Å². The van der Waals surface area contributed by atoms with Crippen LogP contribution in [-0.2, 0) is 22.2 Å². The zero-order valence-electron chi connectivity index (χ0n) is 19.6. The molecule has 1 heterocycles. The molecule has 182 valence electrons. The first-order valence-corrected chi connectivity index (χ1v) is 12.2. The molecule has 1 aromatic carbocycles. The van der Waals surface area contributed by atoms with Crippen LogP contribution in [0.1, 0.15) is 68.8 Å². The Bertz CT molecular complexity index is 1070. The van der Waals surface area contributed by atoms with Crippen LogP contribution in [-0.4, -0.2) is 46.4 Å². The van der Waals surface area contributed by atoms with Gasteiger partial charge in [0.15, 0.2) is 0 Å². The van der Waals surface area contributed by atoms with Gasteiger partial charge in [0, 0.05) is 23.5 Å². The second kappa shape index (κ2) is 11.5. The third-order valence-corrected chi connectivity index (χ3v) is 5.77. The molecule has 2 rings (SSSR count). The molecule has 0 aliphatic rings. The summed E-state index contributed by atoms with van der Waals surface area (Å²) in [5.41, 5.74) is 0.661. The highest BCUT2D eigenvalue weighted by atomic mass is 35.5. The highest BCUT2D eigenvalue weighted by Gasteiger charge is 2.22. The Morgan fingerprint density at radius 3 is 2.52 bits per heavy atom. The number of hydrogen-bond donors (Lipinski definition) is 2. The summed E-state index contributed by atoms with van der Waals surface area (Å²) in [4.78, 5) is 28.9. The molecular weight excluding hydrogens is 468 g/mol. The second-order valence-electron chi connectivity index (χ2n) is 8.61. The lowest BCUT2D eigenvalue weighted by molar-refractivity contribution is 0.0635. The zero-order chi connectivity index (χ0) is 24.8. The molecule has 2 aromatic rings. The van der Waals surface area contributed by atoms with Gasteiger partial charge in [-0.05, 0) is 51.8 Å². The van der Waals surface area contributed by atoms with Crippen LogP contribution in [0, 0.1) is 6.92 Å². The Morgan fingerprint density at radius 1 is 1.24 bits per heavy atom. The van der Waals surface area contributed by atoms with Crippen molar-refractivity contribution in [1.82, 2.24) is 13.9 Å². The van der Waals surface area contributed by atoms with E-state index in [9.17, 15) is 18.0 Å². The van der Waals surface area contributed by atoms with Crippen LogP contribution in [0.2, 0.25) is 5.02 Å². The standard InChI is InChI=1S/C22H31ClN4O5S/c1-6-7-8-11-27(33(30)31)20(28)19-14-26(15(2)24-19)13-16-9-10-17(12-18(16)23)25-21(29)32-22(3,4)5/h9-10,12,14,33H,6-8,11,13H2,1-5H3,(H,25,29). The van der Waals surface area contributed by atoms with Crippen molar-refractivity contribution in [3.05, 3.63) is 46.5 Å². The Balaban J connectivity index is 2.14. The number of hydrogen-bond acceptors (Lipinski definition) is 6. The number of benzene rings is 1. The maximum absolute atomic E-state index is 12.7. The fraction of sp³-hybridized carbons (Fsp3) is 0.500. The van der Waals surface area contributed by atoms with Gasteiger partial charge in [-0.25, -0.2) is 22.5 Å². The van der Waals surface area contributed by atoms with Gasteiger partial charge in [0.05, 0.1) is 6.54 Å². The topological polar surface area (TPSA) is 111 Å². The normalized spacial score (nSPS) is 11.5. The van der Waals surface area contributed by atoms with Crippen LogP contribution >= 0.6 is 11.6 Å². The van der Waals surface area contributed by atoms with Gasteiger partial charge in [-0.1, -0.05) is 37.4 Å². The molecule has 0 spiro atoms. The van der Waals surface area contributed by atoms with Crippen molar-refractivity contribution < 1.29 is 22.7 Å². The highest BCUT2D eigenvalue weighted by molar-refractivity contribution is 7.70. The molecule has 0 aliphatic carbocycles. The predicted octanol–water partition coefficient (Wildman–Crippen LogP) is 4.40. The zero-order valence-corrected chi connectivity index (χ0v) is 21.2. The number of carbonyl (C=O) groups excluding carboxylic acids is 2. The van der Waals surface area contributed by atoms with Crippen molar-refractivity contribution >= 4 is 40.2 Å². The van der Waals surface area contributed by atoms with E-state index in [4.69, 9.17) is 16.3 Å². The molecule has 0 radical (unpaired) electrons. The number of nitrogens with zero attached hydrogens (tertiary/aromatic N) is 3. The van der Waals surface area contributed by atoms with Gasteiger partial charge in [0.1, 0.15) is 17.1 Å². The number of thiol groups is 1. The minimum atomic E-state index is -3.05. The summed E-state index contributed by atoms with van der Waals surface area (Å²) in [6.07, 6.45) is 3.28. The van der Waals surface area contributed by atoms with Crippen LogP contribution in [0.25, 0.3) is 0 Å². The second-order valence-corrected chi connectivity index (χ2v) is 9.97. The Kier molecular flexibility index (Phi) is 9.30. The summed E-state index contributed by atoms with van der Waals surface area (Å²) in [6.45, 7) is 9.49. The van der Waals surface area contributed by atoms with Crippen LogP contribution in [0.5, 0.6) is 0 Å². The molecule has 1 aromatic heterocycles. The van der Waals surface area contributed by atoms with Crippen LogP contribution in [0.15, 0.2) is 24.4 Å². The molecule has 0 saturated carbocycles. The third-order valence-electron chi connectivity index (χ3n) is 4.64. The summed E-state index contributed by atoms with van der Waals surface area (Å²) in [6, 6.07) is 5.05. The average Bonchev–Trinajstić information content (AvgIpc) is 3.05. The fourth-order valence-corrected chi connectivity index (χ4v) is 3.83. The van der Waals surface area contributed by atoms with Gasteiger partial charge in [-0.3, -0.25) is 10.1 Å². The first-order chi connectivity index (χ1) is 15.4. The number of anilines is 1. The van der Waals surface area contributed by atoms with E-state index in [1.54, 1.807) is 50.5 Å². The Morgan fingerprint density at radius 2 is 1.94 bits per heavy atom. The van der Waals surface area contributed by atoms with E-state index >= 15 is 0 Å². The maximum atomic E-state index is 12.7. The SMILES string of the molecule is CCCCCN(C(=O)c1cn(Cc2ccc(NC(=O)OC(C)(C)C)cc2Cl)c(C)n1)[SH](=O)=O. The number of imidazole rings is 1. The number of nitrogens with one attached hydrogen (secondary N) is 1. The summed E-state index contributed by atoms with van der Waals surface area (Å²) in [7, 11) is -3.05. The molecular formula is C22H31ClN4O5S. The molecule has 11 heteroatoms. The molecule has 2 amide bonds. The van der Waals surface area contributed by atoms with Crippen molar-refractivity contribution in [2.24, 2.45) is 0 Å². The van der Waals surface area contributed by atoms with E-state index in [1.165, 1.54) is 6.20 Å². The van der Waals surface area contributed by atoms with Crippen molar-refractivity contribution in [3.63, 3.8) is 0 Å². The largest absolute Gasteiger partial charge is 0.444 e. The van der Waals surface area contributed by atoms with Crippen LogP contribution < -0.4 is 5.32 Å². The first-order valence-electron chi connectivity index (χ1n) is 10.7. The quantitative estimate of drug-likeness (QED) is 0.391. The third kappa shape index (κ3) is 8.04. The predicted molar refractivity (Wildman–Crippen MR) is 128 cm³/mol. The molecule has 0 aliphatic heterocycles. The average molecular weight is 499 g/mol. The maximum Gasteiger partial charge on any atom is 0.412 e. The lowest BCUT2D eigenvalue weighted by Gasteiger charge is -2.19. The number of ether oxygens (including phenoxy) is 1. The first kappa shape index (κ1) is 26.7. The van der Waals surface area contributed by atoms with E-state index in [1.807, 2.05) is 6.92 Å². The van der Waals surface area contributed by atoms with E-state index in [0.717, 1.165) is 22.7 Å². The summed E-state index contributed by atoms with van der Waals surface area (Å²) < 4.78 is 30.9. The summed E-state index contributed by atoms with van der Waals surface area (Å²) in [5.74, 6) is -0.105. The minimum Gasteiger partial charge on any atom is -0.444 e. The Hall–Kier alpha value is -2.59. The minimum absolute atomic E-state index is 0.0579. The van der Waals surface area contributed by atoms with Gasteiger partial charge in [0.2, 0.25) is 10.9 Å². The lowest BCUT2D eigenvalue weighted by Crippen LogP contribution is -2.30. The van der Waals surface area contributed by atoms with E-state index in [0.29, 0.717) is 29.5 Å². The van der Waals surface area contributed by atoms with Gasteiger partial charge in [-0.2, -0.15) is 0 Å². The number of halogens is 1. The number of amides is 2. The van der Waals surface area contributed by atoms with Gasteiger partial charge in [0.25, 0.3) is 5.91 Å². The van der Waals surface area contributed by atoms with Crippen molar-refractivity contribution in [1.29, 1.82) is 0 Å². The molecule has 0 bridgehead atoms. The molecule has 9 nitrogen and oxygen atoms in total. The van der Waals surface area contributed by atoms with E-state index < -0.39 is 28.5 Å². The number of aromatic nitrogens is 2. The van der Waals surface area contributed by atoms with E-state index in [2.05, 4.69) is 10.3 Å². The van der Waals surface area contributed by atoms with Crippen molar-refractivity contribution in [2.75, 3.05) is 11.9 Å². The lowest BCUT2D eigenvalue weighted by atomic mass is 10.2. The molecule has 0 saturated heterocycles. The van der Waals surface area contributed by atoms with Crippen LogP contribution in [0.3, 0.4) is 0 Å².